The number of hydrogen-bond donors (Lipinski definition) is 1. The molecule has 1 aromatic carbocycles. The maximum absolute atomic E-state index is 13.8. The molecule has 2 aromatic rings. The van der Waals surface area contributed by atoms with Crippen molar-refractivity contribution in [2.75, 3.05) is 0 Å². The van der Waals surface area contributed by atoms with E-state index in [1.165, 1.54) is 4.57 Å². The van der Waals surface area contributed by atoms with Gasteiger partial charge in [0.05, 0.1) is 16.5 Å². The molecule has 0 unspecified atom stereocenters. The van der Waals surface area contributed by atoms with E-state index in [2.05, 4.69) is 10.2 Å². The summed E-state index contributed by atoms with van der Waals surface area (Å²) in [7, 11) is 0. The Morgan fingerprint density at radius 3 is 2.65 bits per heavy atom. The molecule has 1 N–H and O–H groups in total. The lowest BCUT2D eigenvalue weighted by Crippen LogP contribution is -2.17. The van der Waals surface area contributed by atoms with Crippen molar-refractivity contribution in [2.45, 2.75) is 29.9 Å². The van der Waals surface area contributed by atoms with Crippen molar-refractivity contribution in [1.82, 2.24) is 14.8 Å². The fourth-order valence-electron chi connectivity index (χ4n) is 1.62. The smallest absolute Gasteiger partial charge is 0.270 e. The van der Waals surface area contributed by atoms with Gasteiger partial charge in [-0.3, -0.25) is 4.57 Å². The van der Waals surface area contributed by atoms with Crippen LogP contribution in [0.3, 0.4) is 0 Å². The second-order valence-electron chi connectivity index (χ2n) is 3.95. The van der Waals surface area contributed by atoms with Crippen LogP contribution in [0.4, 0.5) is 8.78 Å². The quantitative estimate of drug-likeness (QED) is 0.939. The molecule has 0 fully saturated rings. The van der Waals surface area contributed by atoms with Gasteiger partial charge < -0.3 is 0 Å². The van der Waals surface area contributed by atoms with Crippen LogP contribution < -0.4 is 5.69 Å². The van der Waals surface area contributed by atoms with E-state index in [1.54, 1.807) is 6.07 Å². The zero-order chi connectivity index (χ0) is 14.7. The van der Waals surface area contributed by atoms with Crippen molar-refractivity contribution in [3.8, 4) is 6.07 Å². The maximum Gasteiger partial charge on any atom is 0.343 e. The van der Waals surface area contributed by atoms with Gasteiger partial charge in [-0.2, -0.15) is 5.26 Å². The first-order valence-electron chi connectivity index (χ1n) is 5.79. The molecular formula is C12H10F2N4OS. The Hall–Kier alpha value is -2.14. The van der Waals surface area contributed by atoms with Crippen LogP contribution in [0.25, 0.3) is 0 Å². The van der Waals surface area contributed by atoms with E-state index in [-0.39, 0.29) is 15.6 Å². The van der Waals surface area contributed by atoms with Crippen LogP contribution in [-0.2, 0) is 6.54 Å². The molecule has 0 spiro atoms. The van der Waals surface area contributed by atoms with E-state index in [1.807, 2.05) is 6.92 Å². The van der Waals surface area contributed by atoms with E-state index in [0.29, 0.717) is 24.7 Å². The van der Waals surface area contributed by atoms with E-state index in [4.69, 9.17) is 5.26 Å². The minimum Gasteiger partial charge on any atom is -0.270 e. The van der Waals surface area contributed by atoms with Crippen LogP contribution in [0.5, 0.6) is 0 Å². The molecule has 0 saturated carbocycles. The number of H-pyrrole nitrogens is 1. The van der Waals surface area contributed by atoms with Gasteiger partial charge in [0.2, 0.25) is 0 Å². The highest BCUT2D eigenvalue weighted by molar-refractivity contribution is 7.99. The van der Waals surface area contributed by atoms with Gasteiger partial charge in [-0.1, -0.05) is 6.92 Å². The number of nitriles is 1. The van der Waals surface area contributed by atoms with Crippen LogP contribution in [0.15, 0.2) is 27.0 Å². The zero-order valence-corrected chi connectivity index (χ0v) is 11.3. The number of halogens is 2. The third-order valence-electron chi connectivity index (χ3n) is 2.49. The summed E-state index contributed by atoms with van der Waals surface area (Å²) >= 11 is 0.709. The molecule has 0 saturated heterocycles. The summed E-state index contributed by atoms with van der Waals surface area (Å²) in [4.78, 5) is 11.2. The highest BCUT2D eigenvalue weighted by atomic mass is 32.2. The standard InChI is InChI=1S/C12H10F2N4OS/c1-2-3-18-11(19)16-17-12(18)20-10-8(13)4-7(6-15)5-9(10)14/h4-5H,2-3H2,1H3,(H,16,19). The third kappa shape index (κ3) is 2.72. The SMILES string of the molecule is CCCn1c(Sc2c(F)cc(C#N)cc2F)n[nH]c1=O. The van der Waals surface area contributed by atoms with Crippen molar-refractivity contribution in [2.24, 2.45) is 0 Å². The Balaban J connectivity index is 2.41. The van der Waals surface area contributed by atoms with Gasteiger partial charge in [0.15, 0.2) is 5.16 Å². The Kier molecular flexibility index (Phi) is 4.20. The molecule has 0 radical (unpaired) electrons. The predicted octanol–water partition coefficient (Wildman–Crippen LogP) is 2.28. The van der Waals surface area contributed by atoms with Crippen molar-refractivity contribution in [1.29, 1.82) is 5.26 Å². The van der Waals surface area contributed by atoms with Crippen LogP contribution in [0.2, 0.25) is 0 Å². The van der Waals surface area contributed by atoms with Gasteiger partial charge >= 0.3 is 5.69 Å². The van der Waals surface area contributed by atoms with Gasteiger partial charge in [-0.05, 0) is 30.3 Å². The lowest BCUT2D eigenvalue weighted by atomic mass is 10.2. The zero-order valence-electron chi connectivity index (χ0n) is 10.5. The first-order valence-corrected chi connectivity index (χ1v) is 6.60. The van der Waals surface area contributed by atoms with Crippen molar-refractivity contribution in [3.63, 3.8) is 0 Å². The van der Waals surface area contributed by atoms with Crippen molar-refractivity contribution >= 4 is 11.8 Å². The molecule has 0 aliphatic carbocycles. The van der Waals surface area contributed by atoms with E-state index < -0.39 is 17.3 Å². The molecule has 0 atom stereocenters. The summed E-state index contributed by atoms with van der Waals surface area (Å²) in [6, 6.07) is 3.56. The molecule has 1 aromatic heterocycles. The normalized spacial score (nSPS) is 10.5. The number of aromatic amines is 1. The molecule has 0 aliphatic heterocycles. The second kappa shape index (κ2) is 5.88. The lowest BCUT2D eigenvalue weighted by Gasteiger charge is -2.06. The molecule has 2 rings (SSSR count). The highest BCUT2D eigenvalue weighted by Crippen LogP contribution is 2.31. The largest absolute Gasteiger partial charge is 0.343 e. The summed E-state index contributed by atoms with van der Waals surface area (Å²) in [6.45, 7) is 2.27. The molecule has 0 aliphatic rings. The minimum atomic E-state index is -0.856. The first-order chi connectivity index (χ1) is 9.56. The van der Waals surface area contributed by atoms with Crippen LogP contribution in [0, 0.1) is 23.0 Å². The molecule has 0 bridgehead atoms. The van der Waals surface area contributed by atoms with Gasteiger partial charge in [0.25, 0.3) is 0 Å². The fraction of sp³-hybridized carbons (Fsp3) is 0.250. The Morgan fingerprint density at radius 2 is 2.10 bits per heavy atom. The molecule has 5 nitrogen and oxygen atoms in total. The topological polar surface area (TPSA) is 74.5 Å². The molecule has 0 amide bonds. The Bertz CT molecular complexity index is 709. The number of hydrogen-bond acceptors (Lipinski definition) is 4. The fourth-order valence-corrected chi connectivity index (χ4v) is 2.49. The number of rotatable bonds is 4. The Labute approximate surface area is 117 Å². The van der Waals surface area contributed by atoms with Gasteiger partial charge in [0, 0.05) is 6.54 Å². The molecule has 20 heavy (non-hydrogen) atoms. The first kappa shape index (κ1) is 14.3. The van der Waals surface area contributed by atoms with E-state index in [0.717, 1.165) is 12.1 Å². The molecular weight excluding hydrogens is 286 g/mol. The van der Waals surface area contributed by atoms with Crippen LogP contribution >= 0.6 is 11.8 Å². The van der Waals surface area contributed by atoms with Gasteiger partial charge in [-0.15, -0.1) is 5.10 Å². The summed E-state index contributed by atoms with van der Waals surface area (Å²) in [6.07, 6.45) is 0.686. The van der Waals surface area contributed by atoms with E-state index in [9.17, 15) is 13.6 Å². The summed E-state index contributed by atoms with van der Waals surface area (Å²) in [5.74, 6) is -1.71. The summed E-state index contributed by atoms with van der Waals surface area (Å²) < 4.78 is 28.8. The average Bonchev–Trinajstić information content (AvgIpc) is 2.75. The van der Waals surface area contributed by atoms with Gasteiger partial charge in [0.1, 0.15) is 11.6 Å². The number of aromatic nitrogens is 3. The highest BCUT2D eigenvalue weighted by Gasteiger charge is 2.17. The van der Waals surface area contributed by atoms with Crippen molar-refractivity contribution in [3.05, 3.63) is 39.8 Å². The third-order valence-corrected chi connectivity index (χ3v) is 3.58. The monoisotopic (exact) mass is 296 g/mol. The summed E-state index contributed by atoms with van der Waals surface area (Å²) in [5.41, 5.74) is -0.527. The average molecular weight is 296 g/mol. The van der Waals surface area contributed by atoms with E-state index >= 15 is 0 Å². The van der Waals surface area contributed by atoms with Crippen molar-refractivity contribution < 1.29 is 8.78 Å². The second-order valence-corrected chi connectivity index (χ2v) is 4.92. The number of nitrogens with one attached hydrogen (secondary N) is 1. The molecule has 104 valence electrons. The maximum atomic E-state index is 13.8. The van der Waals surface area contributed by atoms with Crippen LogP contribution in [0.1, 0.15) is 18.9 Å². The van der Waals surface area contributed by atoms with Crippen LogP contribution in [-0.4, -0.2) is 14.8 Å². The molecule has 8 heteroatoms. The lowest BCUT2D eigenvalue weighted by molar-refractivity contribution is 0.538. The number of nitrogens with zero attached hydrogens (tertiary/aromatic N) is 3. The Morgan fingerprint density at radius 1 is 1.45 bits per heavy atom. The van der Waals surface area contributed by atoms with Gasteiger partial charge in [-0.25, -0.2) is 18.7 Å². The summed E-state index contributed by atoms with van der Waals surface area (Å²) in [5, 5.41) is 14.8. The number of benzene rings is 1. The predicted molar refractivity (Wildman–Crippen MR) is 68.3 cm³/mol. The molecule has 1 heterocycles. The minimum absolute atomic E-state index is 0.0997.